The van der Waals surface area contributed by atoms with E-state index in [0.717, 1.165) is 24.2 Å². The van der Waals surface area contributed by atoms with Crippen LogP contribution in [-0.4, -0.2) is 20.0 Å². The third-order valence-corrected chi connectivity index (χ3v) is 2.31. The third kappa shape index (κ3) is 2.03. The van der Waals surface area contributed by atoms with Crippen LogP contribution in [0.1, 0.15) is 24.7 Å². The van der Waals surface area contributed by atoms with Gasteiger partial charge in [0.15, 0.2) is 5.82 Å². The van der Waals surface area contributed by atoms with Crippen molar-refractivity contribution in [3.63, 3.8) is 0 Å². The number of H-pyrrole nitrogens is 1. The summed E-state index contributed by atoms with van der Waals surface area (Å²) < 4.78 is 1.41. The largest absolute Gasteiger partial charge is 0.294 e. The van der Waals surface area contributed by atoms with Crippen LogP contribution in [-0.2, 0) is 6.42 Å². The predicted molar refractivity (Wildman–Crippen MR) is 60.7 cm³/mol. The van der Waals surface area contributed by atoms with Gasteiger partial charge in [-0.2, -0.15) is 9.78 Å². The lowest BCUT2D eigenvalue weighted by atomic mass is 10.3. The molecule has 16 heavy (non-hydrogen) atoms. The lowest BCUT2D eigenvalue weighted by Gasteiger charge is -1.99. The lowest BCUT2D eigenvalue weighted by molar-refractivity contribution is 0.755. The molecule has 2 rings (SSSR count). The summed E-state index contributed by atoms with van der Waals surface area (Å²) in [6.45, 7) is 3.93. The van der Waals surface area contributed by atoms with E-state index in [1.165, 1.54) is 4.68 Å². The average molecular weight is 218 g/mol. The summed E-state index contributed by atoms with van der Waals surface area (Å²) in [5.41, 5.74) is 1.66. The summed E-state index contributed by atoms with van der Waals surface area (Å²) >= 11 is 0. The fourth-order valence-corrected chi connectivity index (χ4v) is 1.52. The van der Waals surface area contributed by atoms with Crippen LogP contribution in [0.15, 0.2) is 23.0 Å². The van der Waals surface area contributed by atoms with Crippen molar-refractivity contribution < 1.29 is 0 Å². The second kappa shape index (κ2) is 4.30. The van der Waals surface area contributed by atoms with Crippen LogP contribution in [0.4, 0.5) is 0 Å². The third-order valence-electron chi connectivity index (χ3n) is 2.31. The highest BCUT2D eigenvalue weighted by molar-refractivity contribution is 5.21. The SMILES string of the molecule is CCCc1cc(=O)n(-c2ccc(C)nn2)[nH]1. The van der Waals surface area contributed by atoms with Crippen molar-refractivity contribution in [2.45, 2.75) is 26.7 Å². The van der Waals surface area contributed by atoms with Crippen LogP contribution < -0.4 is 5.56 Å². The molecule has 0 radical (unpaired) electrons. The summed E-state index contributed by atoms with van der Waals surface area (Å²) in [7, 11) is 0. The van der Waals surface area contributed by atoms with Gasteiger partial charge in [-0.1, -0.05) is 13.3 Å². The summed E-state index contributed by atoms with van der Waals surface area (Å²) in [5, 5.41) is 10.9. The van der Waals surface area contributed by atoms with Crippen molar-refractivity contribution >= 4 is 0 Å². The zero-order valence-electron chi connectivity index (χ0n) is 9.40. The molecule has 0 aromatic carbocycles. The van der Waals surface area contributed by atoms with E-state index in [9.17, 15) is 4.79 Å². The zero-order valence-corrected chi connectivity index (χ0v) is 9.40. The minimum Gasteiger partial charge on any atom is -0.294 e. The number of hydrogen-bond donors (Lipinski definition) is 1. The summed E-state index contributed by atoms with van der Waals surface area (Å²) in [4.78, 5) is 11.7. The molecule has 0 fully saturated rings. The number of aryl methyl sites for hydroxylation is 2. The minimum atomic E-state index is -0.0957. The molecular formula is C11H14N4O. The van der Waals surface area contributed by atoms with E-state index in [1.54, 1.807) is 12.1 Å². The standard InChI is InChI=1S/C11H14N4O/c1-3-4-9-7-11(16)15(14-9)10-6-5-8(2)12-13-10/h5-7,14H,3-4H2,1-2H3. The molecule has 5 heteroatoms. The van der Waals surface area contributed by atoms with Gasteiger partial charge in [0.2, 0.25) is 0 Å². The highest BCUT2D eigenvalue weighted by atomic mass is 16.1. The van der Waals surface area contributed by atoms with Crippen LogP contribution in [0.25, 0.3) is 5.82 Å². The lowest BCUT2D eigenvalue weighted by Crippen LogP contribution is -2.15. The summed E-state index contributed by atoms with van der Waals surface area (Å²) in [6.07, 6.45) is 1.86. The number of aromatic nitrogens is 4. The molecule has 0 aliphatic carbocycles. The molecule has 0 spiro atoms. The Bertz CT molecular complexity index is 524. The molecule has 2 aromatic heterocycles. The van der Waals surface area contributed by atoms with Crippen LogP contribution in [0, 0.1) is 6.92 Å². The van der Waals surface area contributed by atoms with Crippen molar-refractivity contribution in [3.05, 3.63) is 39.9 Å². The van der Waals surface area contributed by atoms with Gasteiger partial charge in [0.1, 0.15) is 0 Å². The second-order valence-corrected chi connectivity index (χ2v) is 3.74. The van der Waals surface area contributed by atoms with Gasteiger partial charge in [0, 0.05) is 11.8 Å². The Morgan fingerprint density at radius 2 is 2.19 bits per heavy atom. The molecule has 0 atom stereocenters. The van der Waals surface area contributed by atoms with Crippen LogP contribution in [0.5, 0.6) is 0 Å². The number of hydrogen-bond acceptors (Lipinski definition) is 3. The first-order valence-corrected chi connectivity index (χ1v) is 5.32. The van der Waals surface area contributed by atoms with Gasteiger partial charge in [0.25, 0.3) is 5.56 Å². The molecule has 0 unspecified atom stereocenters. The van der Waals surface area contributed by atoms with E-state index in [1.807, 2.05) is 13.0 Å². The van der Waals surface area contributed by atoms with Crippen molar-refractivity contribution in [3.8, 4) is 5.82 Å². The number of nitrogens with one attached hydrogen (secondary N) is 1. The van der Waals surface area contributed by atoms with Gasteiger partial charge < -0.3 is 0 Å². The van der Waals surface area contributed by atoms with Gasteiger partial charge in [-0.25, -0.2) is 0 Å². The van der Waals surface area contributed by atoms with Crippen molar-refractivity contribution in [1.82, 2.24) is 20.0 Å². The summed E-state index contributed by atoms with van der Waals surface area (Å²) in [5.74, 6) is 0.526. The van der Waals surface area contributed by atoms with E-state index in [0.29, 0.717) is 5.82 Å². The molecule has 84 valence electrons. The maximum atomic E-state index is 11.7. The quantitative estimate of drug-likeness (QED) is 0.842. The first-order valence-electron chi connectivity index (χ1n) is 5.32. The highest BCUT2D eigenvalue weighted by Crippen LogP contribution is 2.01. The van der Waals surface area contributed by atoms with Gasteiger partial charge >= 0.3 is 0 Å². The van der Waals surface area contributed by atoms with Gasteiger partial charge in [-0.05, 0) is 25.5 Å². The van der Waals surface area contributed by atoms with Crippen LogP contribution in [0.3, 0.4) is 0 Å². The fraction of sp³-hybridized carbons (Fsp3) is 0.364. The molecule has 0 bridgehead atoms. The normalized spacial score (nSPS) is 10.6. The Hall–Kier alpha value is -1.91. The molecule has 0 saturated carbocycles. The first-order chi connectivity index (χ1) is 7.70. The molecule has 0 amide bonds. The molecular weight excluding hydrogens is 204 g/mol. The molecule has 0 saturated heterocycles. The molecule has 2 heterocycles. The predicted octanol–water partition coefficient (Wildman–Crippen LogP) is 1.22. The van der Waals surface area contributed by atoms with Crippen molar-refractivity contribution in [2.75, 3.05) is 0 Å². The molecule has 2 aromatic rings. The number of nitrogens with zero attached hydrogens (tertiary/aromatic N) is 3. The second-order valence-electron chi connectivity index (χ2n) is 3.74. The van der Waals surface area contributed by atoms with Crippen LogP contribution in [0.2, 0.25) is 0 Å². The van der Waals surface area contributed by atoms with E-state index >= 15 is 0 Å². The van der Waals surface area contributed by atoms with E-state index in [4.69, 9.17) is 0 Å². The number of aromatic amines is 1. The average Bonchev–Trinajstić information content (AvgIpc) is 2.61. The first kappa shape index (κ1) is 10.6. The smallest absolute Gasteiger partial charge is 0.272 e. The maximum absolute atomic E-state index is 11.7. The molecule has 1 N–H and O–H groups in total. The Labute approximate surface area is 93.1 Å². The summed E-state index contributed by atoms with van der Waals surface area (Å²) in [6, 6.07) is 5.20. The minimum absolute atomic E-state index is 0.0957. The maximum Gasteiger partial charge on any atom is 0.272 e. The van der Waals surface area contributed by atoms with Crippen molar-refractivity contribution in [1.29, 1.82) is 0 Å². The van der Waals surface area contributed by atoms with E-state index in [-0.39, 0.29) is 5.56 Å². The number of rotatable bonds is 3. The monoisotopic (exact) mass is 218 g/mol. The fourth-order valence-electron chi connectivity index (χ4n) is 1.52. The topological polar surface area (TPSA) is 63.6 Å². The molecule has 0 aliphatic heterocycles. The highest BCUT2D eigenvalue weighted by Gasteiger charge is 2.05. The Morgan fingerprint density at radius 1 is 1.38 bits per heavy atom. The Balaban J connectivity index is 2.40. The van der Waals surface area contributed by atoms with E-state index in [2.05, 4.69) is 22.2 Å². The van der Waals surface area contributed by atoms with Crippen molar-refractivity contribution in [2.24, 2.45) is 0 Å². The van der Waals surface area contributed by atoms with Gasteiger partial charge in [-0.3, -0.25) is 9.89 Å². The molecule has 0 aliphatic rings. The molecule has 5 nitrogen and oxygen atoms in total. The van der Waals surface area contributed by atoms with Crippen LogP contribution >= 0.6 is 0 Å². The Kier molecular flexibility index (Phi) is 2.85. The van der Waals surface area contributed by atoms with Gasteiger partial charge in [0.05, 0.1) is 5.69 Å². The van der Waals surface area contributed by atoms with E-state index < -0.39 is 0 Å². The Morgan fingerprint density at radius 3 is 2.81 bits per heavy atom. The van der Waals surface area contributed by atoms with Gasteiger partial charge in [-0.15, -0.1) is 5.10 Å². The zero-order chi connectivity index (χ0) is 11.5.